The van der Waals surface area contributed by atoms with Gasteiger partial charge in [0.15, 0.2) is 5.78 Å². The van der Waals surface area contributed by atoms with Crippen molar-refractivity contribution in [2.45, 2.75) is 27.2 Å². The minimum Gasteiger partial charge on any atom is -0.300 e. The molecule has 80 valence electrons. The van der Waals surface area contributed by atoms with Gasteiger partial charge in [-0.25, -0.2) is 4.39 Å². The Bertz CT molecular complexity index is 399. The Balaban J connectivity index is 3.19. The van der Waals surface area contributed by atoms with Gasteiger partial charge in [0.2, 0.25) is 0 Å². The lowest BCUT2D eigenvalue weighted by Gasteiger charge is -2.06. The second kappa shape index (κ2) is 4.34. The van der Waals surface area contributed by atoms with Gasteiger partial charge in [0.05, 0.1) is 5.56 Å². The van der Waals surface area contributed by atoms with Crippen LogP contribution in [0.1, 0.15) is 35.3 Å². The van der Waals surface area contributed by atoms with Crippen LogP contribution in [0.3, 0.4) is 0 Å². The van der Waals surface area contributed by atoms with Gasteiger partial charge >= 0.3 is 0 Å². The highest BCUT2D eigenvalue weighted by molar-refractivity contribution is 5.96. The van der Waals surface area contributed by atoms with E-state index in [-0.39, 0.29) is 23.6 Å². The molecule has 1 aromatic rings. The van der Waals surface area contributed by atoms with Gasteiger partial charge in [-0.2, -0.15) is 0 Å². The standard InChI is InChI=1S/C12H13FO2/c1-7-4-10(5-8(2)14)6-11(13)12(7)9(3)15/h4,6H,5H2,1-3H3. The van der Waals surface area contributed by atoms with E-state index in [0.29, 0.717) is 11.1 Å². The lowest BCUT2D eigenvalue weighted by Crippen LogP contribution is -2.04. The molecule has 0 saturated carbocycles. The third kappa shape index (κ3) is 2.72. The first kappa shape index (κ1) is 11.6. The number of rotatable bonds is 3. The first-order chi connectivity index (χ1) is 6.91. The largest absolute Gasteiger partial charge is 0.300 e. The number of hydrogen-bond acceptors (Lipinski definition) is 2. The lowest BCUT2D eigenvalue weighted by atomic mass is 9.99. The van der Waals surface area contributed by atoms with Crippen LogP contribution in [0.2, 0.25) is 0 Å². The van der Waals surface area contributed by atoms with E-state index in [1.165, 1.54) is 19.9 Å². The van der Waals surface area contributed by atoms with Crippen molar-refractivity contribution < 1.29 is 14.0 Å². The fraction of sp³-hybridized carbons (Fsp3) is 0.333. The molecular formula is C12H13FO2. The molecule has 1 rings (SSSR count). The summed E-state index contributed by atoms with van der Waals surface area (Å²) in [6.07, 6.45) is 0.204. The SMILES string of the molecule is CC(=O)Cc1cc(C)c(C(C)=O)c(F)c1. The summed E-state index contributed by atoms with van der Waals surface area (Å²) in [5, 5.41) is 0. The molecule has 15 heavy (non-hydrogen) atoms. The van der Waals surface area contributed by atoms with Gasteiger partial charge in [0.25, 0.3) is 0 Å². The van der Waals surface area contributed by atoms with Crippen LogP contribution >= 0.6 is 0 Å². The minimum atomic E-state index is -0.543. The molecule has 0 aliphatic carbocycles. The average Bonchev–Trinajstić information content (AvgIpc) is 1.99. The van der Waals surface area contributed by atoms with Crippen LogP contribution in [-0.4, -0.2) is 11.6 Å². The molecule has 2 nitrogen and oxygen atoms in total. The van der Waals surface area contributed by atoms with Crippen LogP contribution in [0, 0.1) is 12.7 Å². The lowest BCUT2D eigenvalue weighted by molar-refractivity contribution is -0.116. The first-order valence-corrected chi connectivity index (χ1v) is 4.71. The first-order valence-electron chi connectivity index (χ1n) is 4.71. The Hall–Kier alpha value is -1.51. The molecule has 3 heteroatoms. The summed E-state index contributed by atoms with van der Waals surface area (Å²) in [6.45, 7) is 4.45. The molecule has 0 aliphatic rings. The Kier molecular flexibility index (Phi) is 3.35. The van der Waals surface area contributed by atoms with Crippen molar-refractivity contribution in [3.63, 3.8) is 0 Å². The van der Waals surface area contributed by atoms with Crippen LogP contribution < -0.4 is 0 Å². The number of hydrogen-bond donors (Lipinski definition) is 0. The average molecular weight is 208 g/mol. The number of carbonyl (C=O) groups excluding carboxylic acids is 2. The Morgan fingerprint density at radius 2 is 1.87 bits per heavy atom. The molecule has 0 aliphatic heterocycles. The molecule has 0 amide bonds. The molecule has 0 atom stereocenters. The topological polar surface area (TPSA) is 34.1 Å². The number of halogens is 1. The van der Waals surface area contributed by atoms with Gasteiger partial charge in [-0.15, -0.1) is 0 Å². The number of aryl methyl sites for hydroxylation is 1. The van der Waals surface area contributed by atoms with Crippen LogP contribution in [0.25, 0.3) is 0 Å². The predicted octanol–water partition coefficient (Wildman–Crippen LogP) is 2.47. The van der Waals surface area contributed by atoms with Crippen molar-refractivity contribution in [1.82, 2.24) is 0 Å². The van der Waals surface area contributed by atoms with E-state index in [0.717, 1.165) is 0 Å². The van der Waals surface area contributed by atoms with Crippen molar-refractivity contribution in [2.75, 3.05) is 0 Å². The Morgan fingerprint density at radius 3 is 2.27 bits per heavy atom. The fourth-order valence-electron chi connectivity index (χ4n) is 1.65. The number of carbonyl (C=O) groups is 2. The Morgan fingerprint density at radius 1 is 1.27 bits per heavy atom. The second-order valence-electron chi connectivity index (χ2n) is 3.70. The van der Waals surface area contributed by atoms with Crippen molar-refractivity contribution in [3.05, 3.63) is 34.6 Å². The van der Waals surface area contributed by atoms with Crippen molar-refractivity contribution in [3.8, 4) is 0 Å². The highest BCUT2D eigenvalue weighted by Gasteiger charge is 2.12. The van der Waals surface area contributed by atoms with E-state index in [2.05, 4.69) is 0 Å². The monoisotopic (exact) mass is 208 g/mol. The highest BCUT2D eigenvalue weighted by Crippen LogP contribution is 2.17. The van der Waals surface area contributed by atoms with Gasteiger partial charge in [-0.3, -0.25) is 9.59 Å². The molecule has 0 fully saturated rings. The molecule has 0 unspecified atom stereocenters. The van der Waals surface area contributed by atoms with Crippen LogP contribution in [0.15, 0.2) is 12.1 Å². The second-order valence-corrected chi connectivity index (χ2v) is 3.70. The van der Waals surface area contributed by atoms with E-state index in [4.69, 9.17) is 0 Å². The maximum absolute atomic E-state index is 13.5. The summed E-state index contributed by atoms with van der Waals surface area (Å²) in [4.78, 5) is 22.0. The van der Waals surface area contributed by atoms with Crippen LogP contribution in [0.5, 0.6) is 0 Å². The van der Waals surface area contributed by atoms with Gasteiger partial charge in [0.1, 0.15) is 11.6 Å². The molecule has 0 aromatic heterocycles. The molecular weight excluding hydrogens is 195 g/mol. The minimum absolute atomic E-state index is 0.0237. The summed E-state index contributed by atoms with van der Waals surface area (Å²) in [5.41, 5.74) is 1.31. The zero-order valence-corrected chi connectivity index (χ0v) is 9.06. The van der Waals surface area contributed by atoms with E-state index in [1.54, 1.807) is 13.0 Å². The maximum atomic E-state index is 13.5. The maximum Gasteiger partial charge on any atom is 0.163 e. The third-order valence-electron chi connectivity index (χ3n) is 2.15. The zero-order chi connectivity index (χ0) is 11.6. The summed E-state index contributed by atoms with van der Waals surface area (Å²) < 4.78 is 13.5. The molecule has 1 aromatic carbocycles. The molecule has 0 N–H and O–H groups in total. The van der Waals surface area contributed by atoms with Crippen molar-refractivity contribution in [1.29, 1.82) is 0 Å². The van der Waals surface area contributed by atoms with Crippen LogP contribution in [0.4, 0.5) is 4.39 Å². The van der Waals surface area contributed by atoms with E-state index < -0.39 is 5.82 Å². The number of Topliss-reactive ketones (excluding diaryl/α,β-unsaturated/α-hetero) is 2. The highest BCUT2D eigenvalue weighted by atomic mass is 19.1. The molecule has 0 saturated heterocycles. The van der Waals surface area contributed by atoms with E-state index in [1.807, 2.05) is 0 Å². The number of ketones is 2. The van der Waals surface area contributed by atoms with Gasteiger partial charge in [0, 0.05) is 6.42 Å². The quantitative estimate of drug-likeness (QED) is 0.715. The predicted molar refractivity (Wildman–Crippen MR) is 55.5 cm³/mol. The Labute approximate surface area is 88.1 Å². The summed E-state index contributed by atoms with van der Waals surface area (Å²) in [7, 11) is 0. The summed E-state index contributed by atoms with van der Waals surface area (Å²) in [6, 6.07) is 2.94. The molecule has 0 radical (unpaired) electrons. The summed E-state index contributed by atoms with van der Waals surface area (Å²) in [5.74, 6) is -0.859. The van der Waals surface area contributed by atoms with Crippen molar-refractivity contribution in [2.24, 2.45) is 0 Å². The summed E-state index contributed by atoms with van der Waals surface area (Å²) >= 11 is 0. The smallest absolute Gasteiger partial charge is 0.163 e. The van der Waals surface area contributed by atoms with Gasteiger partial charge in [-0.05, 0) is 38.0 Å². The van der Waals surface area contributed by atoms with Crippen molar-refractivity contribution >= 4 is 11.6 Å². The molecule has 0 heterocycles. The van der Waals surface area contributed by atoms with Gasteiger partial charge < -0.3 is 0 Å². The van der Waals surface area contributed by atoms with E-state index in [9.17, 15) is 14.0 Å². The van der Waals surface area contributed by atoms with E-state index >= 15 is 0 Å². The van der Waals surface area contributed by atoms with Gasteiger partial charge in [-0.1, -0.05) is 6.07 Å². The normalized spacial score (nSPS) is 10.1. The molecule has 0 bridgehead atoms. The number of benzene rings is 1. The molecule has 0 spiro atoms. The third-order valence-corrected chi connectivity index (χ3v) is 2.15. The zero-order valence-electron chi connectivity index (χ0n) is 9.06. The van der Waals surface area contributed by atoms with Crippen LogP contribution in [-0.2, 0) is 11.2 Å². The fourth-order valence-corrected chi connectivity index (χ4v) is 1.65.